The first-order valence-corrected chi connectivity index (χ1v) is 24.1. The Balaban J connectivity index is 0.000000221. The number of rotatable bonds is 5. The molecular weight excluding hydrogens is 837 g/mol. The van der Waals surface area contributed by atoms with Crippen molar-refractivity contribution in [1.29, 1.82) is 0 Å². The molecule has 3 heterocycles. The van der Waals surface area contributed by atoms with Crippen LogP contribution in [0.4, 0.5) is 0 Å². The molecule has 0 unspecified atom stereocenters. The van der Waals surface area contributed by atoms with E-state index in [1.54, 1.807) is 0 Å². The molecule has 0 spiro atoms. The molecule has 0 amide bonds. The van der Waals surface area contributed by atoms with Gasteiger partial charge in [0.25, 0.3) is 0 Å². The molecule has 0 saturated carbocycles. The number of hydrogen-bond donors (Lipinski definition) is 0. The van der Waals surface area contributed by atoms with E-state index in [0.717, 1.165) is 44.5 Å². The molecule has 0 aliphatic rings. The Kier molecular flexibility index (Phi) is 11.1. The van der Waals surface area contributed by atoms with Gasteiger partial charge in [-0.3, -0.25) is 0 Å². The first kappa shape index (κ1) is 36.5. The largest absolute Gasteiger partial charge is 0.501 e. The molecule has 0 aliphatic heterocycles. The average Bonchev–Trinajstić information content (AvgIpc) is 3.42. The van der Waals surface area contributed by atoms with Crippen molar-refractivity contribution in [2.24, 2.45) is 0 Å². The zero-order chi connectivity index (χ0) is 34.2. The fourth-order valence-corrected chi connectivity index (χ4v) is 10.3. The number of aryl methyl sites for hydroxylation is 4. The third kappa shape index (κ3) is 7.83. The third-order valence-corrected chi connectivity index (χ3v) is 13.5. The van der Waals surface area contributed by atoms with Crippen molar-refractivity contribution >= 4 is 39.6 Å². The van der Waals surface area contributed by atoms with Crippen molar-refractivity contribution in [3.63, 3.8) is 0 Å². The Bertz CT molecular complexity index is 2220. The maximum Gasteiger partial charge on any atom is 0.121 e. The molecule has 0 aliphatic carbocycles. The SMILES string of the molecule is Cc1cc(-c2[c-]cccc2)nc[c]1[Ge]([CH3])([CH3])[CH3].Cc1cc(C)c(-c2ccc3c(c2)oc2c(-c4cc(C(C)C)ccn4)[c-]ccc23)c(C)c1.[Ir]. The third-order valence-electron chi connectivity index (χ3n) is 9.01. The topological polar surface area (TPSA) is 38.9 Å². The van der Waals surface area contributed by atoms with E-state index < -0.39 is 13.3 Å². The van der Waals surface area contributed by atoms with Gasteiger partial charge in [0.15, 0.2) is 0 Å². The van der Waals surface area contributed by atoms with Crippen molar-refractivity contribution in [3.8, 4) is 33.6 Å². The minimum Gasteiger partial charge on any atom is -0.501 e. The monoisotopic (exact) mass is 883 g/mol. The van der Waals surface area contributed by atoms with E-state index in [1.165, 1.54) is 43.3 Å². The summed E-state index contributed by atoms with van der Waals surface area (Å²) in [5.74, 6) is 7.65. The number of hydrogen-bond acceptors (Lipinski definition) is 3. The number of aromatic nitrogens is 2. The molecule has 5 heteroatoms. The van der Waals surface area contributed by atoms with Crippen molar-refractivity contribution < 1.29 is 24.5 Å². The van der Waals surface area contributed by atoms with Crippen LogP contribution >= 0.6 is 0 Å². The molecule has 1 radical (unpaired) electrons. The molecule has 251 valence electrons. The van der Waals surface area contributed by atoms with Crippen LogP contribution in [0.1, 0.15) is 47.6 Å². The van der Waals surface area contributed by atoms with Crippen LogP contribution in [-0.2, 0) is 20.1 Å². The van der Waals surface area contributed by atoms with Crippen LogP contribution in [0.15, 0.2) is 102 Å². The van der Waals surface area contributed by atoms with E-state index in [4.69, 9.17) is 4.42 Å². The quantitative estimate of drug-likeness (QED) is 0.128. The summed E-state index contributed by atoms with van der Waals surface area (Å²) in [6, 6.07) is 36.1. The van der Waals surface area contributed by atoms with Crippen molar-refractivity contribution in [3.05, 3.63) is 137 Å². The molecular formula is C44H44GeIrN2O-2. The number of benzene rings is 4. The minimum absolute atomic E-state index is 0. The van der Waals surface area contributed by atoms with Crippen LogP contribution in [0.2, 0.25) is 17.3 Å². The summed E-state index contributed by atoms with van der Waals surface area (Å²) in [5, 5.41) is 2.22. The summed E-state index contributed by atoms with van der Waals surface area (Å²) in [6.07, 6.45) is 3.95. The molecule has 7 rings (SSSR count). The second-order valence-electron chi connectivity index (χ2n) is 14.2. The van der Waals surface area contributed by atoms with Crippen LogP contribution in [-0.4, -0.2) is 23.2 Å². The molecule has 0 saturated heterocycles. The van der Waals surface area contributed by atoms with E-state index in [-0.39, 0.29) is 20.1 Å². The van der Waals surface area contributed by atoms with Crippen LogP contribution in [0.5, 0.6) is 0 Å². The molecule has 3 aromatic heterocycles. The van der Waals surface area contributed by atoms with E-state index in [1.807, 2.05) is 30.5 Å². The zero-order valence-corrected chi connectivity index (χ0v) is 34.4. The van der Waals surface area contributed by atoms with Gasteiger partial charge < -0.3 is 9.40 Å². The number of fused-ring (bicyclic) bond motifs is 3. The van der Waals surface area contributed by atoms with Gasteiger partial charge in [-0.1, -0.05) is 66.3 Å². The van der Waals surface area contributed by atoms with Crippen LogP contribution in [0.25, 0.3) is 55.6 Å². The maximum atomic E-state index is 6.43. The molecule has 7 aromatic rings. The Hall–Kier alpha value is -3.83. The molecule has 0 N–H and O–H groups in total. The Labute approximate surface area is 307 Å². The smallest absolute Gasteiger partial charge is 0.121 e. The van der Waals surface area contributed by atoms with Crippen molar-refractivity contribution in [2.45, 2.75) is 64.7 Å². The summed E-state index contributed by atoms with van der Waals surface area (Å²) < 4.78 is 7.92. The van der Waals surface area contributed by atoms with Gasteiger partial charge in [0.1, 0.15) is 5.58 Å². The number of nitrogens with zero attached hydrogens (tertiary/aromatic N) is 2. The first-order chi connectivity index (χ1) is 22.9. The van der Waals surface area contributed by atoms with Crippen LogP contribution < -0.4 is 4.40 Å². The second-order valence-corrected chi connectivity index (χ2v) is 24.8. The molecule has 0 bridgehead atoms. The van der Waals surface area contributed by atoms with E-state index in [9.17, 15) is 0 Å². The van der Waals surface area contributed by atoms with Gasteiger partial charge in [-0.2, -0.15) is 0 Å². The summed E-state index contributed by atoms with van der Waals surface area (Å²) in [6.45, 7) is 13.1. The van der Waals surface area contributed by atoms with Gasteiger partial charge in [0, 0.05) is 31.7 Å². The predicted molar refractivity (Wildman–Crippen MR) is 206 cm³/mol. The summed E-state index contributed by atoms with van der Waals surface area (Å²) in [7, 11) is 0. The van der Waals surface area contributed by atoms with Gasteiger partial charge in [0.2, 0.25) is 0 Å². The first-order valence-electron chi connectivity index (χ1n) is 16.8. The van der Waals surface area contributed by atoms with Gasteiger partial charge in [0.05, 0.1) is 5.58 Å². The average molecular weight is 882 g/mol. The molecule has 49 heavy (non-hydrogen) atoms. The fraction of sp³-hybridized carbons (Fsp3) is 0.227. The summed E-state index contributed by atoms with van der Waals surface area (Å²) in [5.41, 5.74) is 14.6. The molecule has 4 aromatic carbocycles. The van der Waals surface area contributed by atoms with Gasteiger partial charge in [-0.05, 0) is 66.8 Å². The van der Waals surface area contributed by atoms with Crippen LogP contribution in [0.3, 0.4) is 0 Å². The van der Waals surface area contributed by atoms with Crippen molar-refractivity contribution in [1.82, 2.24) is 9.97 Å². The normalized spacial score (nSPS) is 11.4. The van der Waals surface area contributed by atoms with Gasteiger partial charge in [-0.15, -0.1) is 18.2 Å². The standard InChI is InChI=1S/C29H26NO.C15H18GeN.Ir/c1-17(2)21-11-12-30-26(15-21)25-8-6-7-24-23-10-9-22(16-27(23)31-29(24)25)28-19(4)13-18(3)14-20(28)5;1-12-10-15(13-8-6-5-7-9-13)17-11-14(12)16(2,3)4;/h6-7,9-17H,1-5H3;5-8,10-11H,1-4H3;/q2*-1;. The minimum atomic E-state index is -1.77. The van der Waals surface area contributed by atoms with Crippen LogP contribution in [0, 0.1) is 39.8 Å². The maximum absolute atomic E-state index is 6.43. The number of furan rings is 1. The zero-order valence-electron chi connectivity index (χ0n) is 30.0. The second kappa shape index (κ2) is 15.0. The number of pyridine rings is 2. The van der Waals surface area contributed by atoms with Gasteiger partial charge >= 0.3 is 106 Å². The Morgan fingerprint density at radius 2 is 1.47 bits per heavy atom. The Morgan fingerprint density at radius 1 is 0.714 bits per heavy atom. The summed E-state index contributed by atoms with van der Waals surface area (Å²) in [4.78, 5) is 9.21. The predicted octanol–water partition coefficient (Wildman–Crippen LogP) is 11.6. The van der Waals surface area contributed by atoms with Crippen molar-refractivity contribution in [2.75, 3.05) is 0 Å². The Morgan fingerprint density at radius 3 is 2.12 bits per heavy atom. The van der Waals surface area contributed by atoms with Gasteiger partial charge in [-0.25, -0.2) is 0 Å². The van der Waals surface area contributed by atoms with E-state index >= 15 is 0 Å². The molecule has 0 atom stereocenters. The van der Waals surface area contributed by atoms with E-state index in [2.05, 4.69) is 148 Å². The summed E-state index contributed by atoms with van der Waals surface area (Å²) >= 11 is -1.77. The fourth-order valence-electron chi connectivity index (χ4n) is 6.71. The van der Waals surface area contributed by atoms with E-state index in [0.29, 0.717) is 5.92 Å². The molecule has 3 nitrogen and oxygen atoms in total. The molecule has 0 fully saturated rings.